The fourth-order valence-corrected chi connectivity index (χ4v) is 3.87. The van der Waals surface area contributed by atoms with E-state index in [4.69, 9.17) is 0 Å². The highest BCUT2D eigenvalue weighted by molar-refractivity contribution is 9.11. The van der Waals surface area contributed by atoms with Gasteiger partial charge < -0.3 is 10.4 Å². The standard InChI is InChI=1S/C15H21Br2NO/c1-15(2)5-3-11(4-6-15)18-9-10-7-12(16)14(19)13(17)8-10/h7-8,11,18-19H,3-6,9H2,1-2H3. The van der Waals surface area contributed by atoms with Crippen LogP contribution in [-0.4, -0.2) is 11.1 Å². The number of hydrogen-bond acceptors (Lipinski definition) is 2. The van der Waals surface area contributed by atoms with Crippen molar-refractivity contribution in [2.75, 3.05) is 0 Å². The molecule has 4 heteroatoms. The molecule has 1 aliphatic carbocycles. The molecule has 106 valence electrons. The molecule has 0 radical (unpaired) electrons. The summed E-state index contributed by atoms with van der Waals surface area (Å²) in [4.78, 5) is 0. The van der Waals surface area contributed by atoms with Crippen LogP contribution in [0.3, 0.4) is 0 Å². The maximum absolute atomic E-state index is 9.69. The Balaban J connectivity index is 1.90. The molecule has 1 saturated carbocycles. The lowest BCUT2D eigenvalue weighted by Gasteiger charge is -2.34. The molecule has 19 heavy (non-hydrogen) atoms. The van der Waals surface area contributed by atoms with Crippen LogP contribution in [0.15, 0.2) is 21.1 Å². The molecule has 0 bridgehead atoms. The van der Waals surface area contributed by atoms with Gasteiger partial charge in [0.15, 0.2) is 0 Å². The Kier molecular flexibility index (Phi) is 4.96. The number of nitrogens with one attached hydrogen (secondary N) is 1. The van der Waals surface area contributed by atoms with Gasteiger partial charge in [0, 0.05) is 12.6 Å². The van der Waals surface area contributed by atoms with Gasteiger partial charge in [-0.1, -0.05) is 13.8 Å². The summed E-state index contributed by atoms with van der Waals surface area (Å²) in [6, 6.07) is 4.57. The predicted octanol–water partition coefficient (Wildman–Crippen LogP) is 4.98. The second kappa shape index (κ2) is 6.15. The van der Waals surface area contributed by atoms with Crippen LogP contribution in [0.25, 0.3) is 0 Å². The molecule has 2 N–H and O–H groups in total. The topological polar surface area (TPSA) is 32.3 Å². The molecule has 1 fully saturated rings. The zero-order chi connectivity index (χ0) is 14.0. The van der Waals surface area contributed by atoms with Gasteiger partial charge in [0.1, 0.15) is 5.75 Å². The summed E-state index contributed by atoms with van der Waals surface area (Å²) >= 11 is 6.74. The first-order valence-electron chi connectivity index (χ1n) is 6.78. The van der Waals surface area contributed by atoms with Crippen LogP contribution in [0.1, 0.15) is 45.1 Å². The molecule has 0 amide bonds. The van der Waals surface area contributed by atoms with Gasteiger partial charge in [0.2, 0.25) is 0 Å². The van der Waals surface area contributed by atoms with Crippen molar-refractivity contribution in [3.63, 3.8) is 0 Å². The SMILES string of the molecule is CC1(C)CCC(NCc2cc(Br)c(O)c(Br)c2)CC1. The molecule has 0 atom stereocenters. The molecule has 0 saturated heterocycles. The van der Waals surface area contributed by atoms with Crippen LogP contribution in [0.2, 0.25) is 0 Å². The highest BCUT2D eigenvalue weighted by Crippen LogP contribution is 2.36. The zero-order valence-corrected chi connectivity index (χ0v) is 14.6. The summed E-state index contributed by atoms with van der Waals surface area (Å²) in [5.41, 5.74) is 1.70. The first kappa shape index (κ1) is 15.3. The first-order valence-corrected chi connectivity index (χ1v) is 8.36. The van der Waals surface area contributed by atoms with Crippen molar-refractivity contribution in [2.24, 2.45) is 5.41 Å². The fourth-order valence-electron chi connectivity index (χ4n) is 2.59. The Morgan fingerprint density at radius 2 is 1.74 bits per heavy atom. The van der Waals surface area contributed by atoms with E-state index < -0.39 is 0 Å². The highest BCUT2D eigenvalue weighted by atomic mass is 79.9. The molecule has 0 heterocycles. The summed E-state index contributed by atoms with van der Waals surface area (Å²) in [7, 11) is 0. The van der Waals surface area contributed by atoms with Crippen LogP contribution in [0, 0.1) is 5.41 Å². The van der Waals surface area contributed by atoms with E-state index >= 15 is 0 Å². The predicted molar refractivity (Wildman–Crippen MR) is 86.4 cm³/mol. The van der Waals surface area contributed by atoms with Crippen LogP contribution in [-0.2, 0) is 6.54 Å². The van der Waals surface area contributed by atoms with Crippen molar-refractivity contribution in [2.45, 2.75) is 52.1 Å². The Hall–Kier alpha value is -0.0600. The molecule has 1 aromatic rings. The molecule has 0 spiro atoms. The minimum atomic E-state index is 0.267. The number of phenols is 1. The Morgan fingerprint density at radius 1 is 1.21 bits per heavy atom. The van der Waals surface area contributed by atoms with E-state index in [9.17, 15) is 5.11 Å². The molecule has 2 rings (SSSR count). The summed E-state index contributed by atoms with van der Waals surface area (Å²) in [6.07, 6.45) is 5.11. The van der Waals surface area contributed by atoms with Gasteiger partial charge in [-0.15, -0.1) is 0 Å². The average Bonchev–Trinajstić information content (AvgIpc) is 2.34. The number of hydrogen-bond donors (Lipinski definition) is 2. The van der Waals surface area contributed by atoms with Gasteiger partial charge in [-0.3, -0.25) is 0 Å². The number of phenolic OH excluding ortho intramolecular Hbond substituents is 1. The normalized spacial score (nSPS) is 19.6. The number of halogens is 2. The first-order chi connectivity index (χ1) is 8.87. The lowest BCUT2D eigenvalue weighted by atomic mass is 9.75. The van der Waals surface area contributed by atoms with Crippen molar-refractivity contribution >= 4 is 31.9 Å². The van der Waals surface area contributed by atoms with Gasteiger partial charge in [-0.2, -0.15) is 0 Å². The van der Waals surface area contributed by atoms with Crippen molar-refractivity contribution in [1.29, 1.82) is 0 Å². The molecule has 0 aliphatic heterocycles. The zero-order valence-electron chi connectivity index (χ0n) is 11.5. The molecule has 1 aliphatic rings. The molecule has 1 aromatic carbocycles. The largest absolute Gasteiger partial charge is 0.506 e. The van der Waals surface area contributed by atoms with Gasteiger partial charge in [0.05, 0.1) is 8.95 Å². The second-order valence-corrected chi connectivity index (χ2v) is 7.94. The molecule has 0 aromatic heterocycles. The average molecular weight is 391 g/mol. The Labute approximate surface area is 132 Å². The van der Waals surface area contributed by atoms with Crippen molar-refractivity contribution < 1.29 is 5.11 Å². The maximum atomic E-state index is 9.69. The van der Waals surface area contributed by atoms with Gasteiger partial charge in [-0.05, 0) is 80.7 Å². The van der Waals surface area contributed by atoms with E-state index in [-0.39, 0.29) is 5.75 Å². The van der Waals surface area contributed by atoms with Crippen LogP contribution < -0.4 is 5.32 Å². The van der Waals surface area contributed by atoms with Crippen LogP contribution >= 0.6 is 31.9 Å². The number of aromatic hydroxyl groups is 1. The van der Waals surface area contributed by atoms with E-state index in [1.54, 1.807) is 0 Å². The maximum Gasteiger partial charge on any atom is 0.143 e. The third kappa shape index (κ3) is 4.20. The summed E-state index contributed by atoms with van der Waals surface area (Å²) in [5.74, 6) is 0.267. The molecule has 2 nitrogen and oxygen atoms in total. The summed E-state index contributed by atoms with van der Waals surface area (Å²) < 4.78 is 1.48. The van der Waals surface area contributed by atoms with Crippen LogP contribution in [0.5, 0.6) is 5.75 Å². The van der Waals surface area contributed by atoms with E-state index in [2.05, 4.69) is 51.0 Å². The molecular formula is C15H21Br2NO. The fraction of sp³-hybridized carbons (Fsp3) is 0.600. The minimum Gasteiger partial charge on any atom is -0.506 e. The lowest BCUT2D eigenvalue weighted by Crippen LogP contribution is -2.35. The van der Waals surface area contributed by atoms with E-state index in [0.29, 0.717) is 11.5 Å². The smallest absolute Gasteiger partial charge is 0.143 e. The molecular weight excluding hydrogens is 370 g/mol. The molecule has 0 unspecified atom stereocenters. The second-order valence-electron chi connectivity index (χ2n) is 6.23. The Bertz CT molecular complexity index is 426. The summed E-state index contributed by atoms with van der Waals surface area (Å²) in [6.45, 7) is 5.57. The van der Waals surface area contributed by atoms with Crippen molar-refractivity contribution in [3.8, 4) is 5.75 Å². The highest BCUT2D eigenvalue weighted by Gasteiger charge is 2.26. The van der Waals surface area contributed by atoms with Gasteiger partial charge in [-0.25, -0.2) is 0 Å². The number of benzene rings is 1. The number of rotatable bonds is 3. The summed E-state index contributed by atoms with van der Waals surface area (Å²) in [5, 5.41) is 13.3. The van der Waals surface area contributed by atoms with Gasteiger partial charge in [0.25, 0.3) is 0 Å². The monoisotopic (exact) mass is 389 g/mol. The van der Waals surface area contributed by atoms with Crippen molar-refractivity contribution in [3.05, 3.63) is 26.6 Å². The van der Waals surface area contributed by atoms with Gasteiger partial charge >= 0.3 is 0 Å². The lowest BCUT2D eigenvalue weighted by molar-refractivity contribution is 0.206. The third-order valence-electron chi connectivity index (χ3n) is 4.01. The van der Waals surface area contributed by atoms with E-state index in [0.717, 1.165) is 15.5 Å². The van der Waals surface area contributed by atoms with Crippen LogP contribution in [0.4, 0.5) is 0 Å². The minimum absolute atomic E-state index is 0.267. The third-order valence-corrected chi connectivity index (χ3v) is 5.22. The quantitative estimate of drug-likeness (QED) is 0.762. The van der Waals surface area contributed by atoms with E-state index in [1.165, 1.54) is 31.2 Å². The van der Waals surface area contributed by atoms with E-state index in [1.807, 2.05) is 12.1 Å². The van der Waals surface area contributed by atoms with Crippen molar-refractivity contribution in [1.82, 2.24) is 5.32 Å². The Morgan fingerprint density at radius 3 is 2.26 bits per heavy atom.